The monoisotopic (exact) mass is 207 g/mol. The molecule has 1 unspecified atom stereocenters. The van der Waals surface area contributed by atoms with Crippen LogP contribution in [0.15, 0.2) is 24.3 Å². The Labute approximate surface area is 89.9 Å². The molecule has 0 aliphatic heterocycles. The second-order valence-electron chi connectivity index (χ2n) is 3.95. The van der Waals surface area contributed by atoms with Crippen LogP contribution >= 0.6 is 0 Å². The molecule has 82 valence electrons. The number of aliphatic carboxylic acids is 1. The normalized spacial score (nSPS) is 14.6. The number of nitrogens with two attached hydrogens (primary N) is 1. The van der Waals surface area contributed by atoms with Gasteiger partial charge in [0.05, 0.1) is 12.0 Å². The minimum atomic E-state index is -0.861. The van der Waals surface area contributed by atoms with Crippen molar-refractivity contribution in [3.63, 3.8) is 0 Å². The van der Waals surface area contributed by atoms with Crippen LogP contribution in [0.3, 0.4) is 0 Å². The summed E-state index contributed by atoms with van der Waals surface area (Å²) in [6.45, 7) is 3.90. The minimum absolute atomic E-state index is 0.0352. The molecule has 0 aromatic heterocycles. The second kappa shape index (κ2) is 4.45. The molecular formula is C12H17NO2. The van der Waals surface area contributed by atoms with Gasteiger partial charge in [0.2, 0.25) is 0 Å². The lowest BCUT2D eigenvalue weighted by molar-refractivity contribution is -0.138. The molecule has 15 heavy (non-hydrogen) atoms. The maximum atomic E-state index is 10.7. The van der Waals surface area contributed by atoms with Crippen LogP contribution in [0.4, 0.5) is 0 Å². The lowest BCUT2D eigenvalue weighted by Crippen LogP contribution is -2.38. The maximum Gasteiger partial charge on any atom is 0.305 e. The Kier molecular flexibility index (Phi) is 3.48. The van der Waals surface area contributed by atoms with Crippen molar-refractivity contribution in [3.8, 4) is 0 Å². The highest BCUT2D eigenvalue weighted by Gasteiger charge is 2.28. The molecule has 0 saturated carbocycles. The summed E-state index contributed by atoms with van der Waals surface area (Å²) in [5, 5.41) is 8.82. The van der Waals surface area contributed by atoms with Crippen LogP contribution in [0.2, 0.25) is 0 Å². The van der Waals surface area contributed by atoms with Crippen LogP contribution in [-0.2, 0) is 10.3 Å². The third-order valence-corrected chi connectivity index (χ3v) is 2.72. The lowest BCUT2D eigenvalue weighted by Gasteiger charge is -2.27. The van der Waals surface area contributed by atoms with Gasteiger partial charge in [-0.15, -0.1) is 0 Å². The number of aryl methyl sites for hydroxylation is 1. The summed E-state index contributed by atoms with van der Waals surface area (Å²) in [7, 11) is 0. The van der Waals surface area contributed by atoms with Crippen LogP contribution in [0.1, 0.15) is 30.9 Å². The zero-order chi connectivity index (χ0) is 11.5. The van der Waals surface area contributed by atoms with E-state index in [-0.39, 0.29) is 6.42 Å². The quantitative estimate of drug-likeness (QED) is 0.794. The minimum Gasteiger partial charge on any atom is -0.481 e. The van der Waals surface area contributed by atoms with Gasteiger partial charge in [-0.1, -0.05) is 36.8 Å². The van der Waals surface area contributed by atoms with Gasteiger partial charge in [0.15, 0.2) is 0 Å². The van der Waals surface area contributed by atoms with Gasteiger partial charge in [-0.05, 0) is 18.9 Å². The molecule has 1 aromatic rings. The summed E-state index contributed by atoms with van der Waals surface area (Å²) in [6, 6.07) is 7.71. The van der Waals surface area contributed by atoms with E-state index in [4.69, 9.17) is 10.8 Å². The number of carboxylic acids is 1. The number of carbonyl (C=O) groups is 1. The highest BCUT2D eigenvalue weighted by Crippen LogP contribution is 2.26. The Morgan fingerprint density at radius 1 is 1.40 bits per heavy atom. The fraction of sp³-hybridized carbons (Fsp3) is 0.417. The van der Waals surface area contributed by atoms with Crippen molar-refractivity contribution >= 4 is 5.97 Å². The Hall–Kier alpha value is -1.35. The number of hydrogen-bond donors (Lipinski definition) is 2. The number of rotatable bonds is 4. The summed E-state index contributed by atoms with van der Waals surface area (Å²) < 4.78 is 0. The summed E-state index contributed by atoms with van der Waals surface area (Å²) in [5.41, 5.74) is 7.37. The first-order chi connectivity index (χ1) is 6.98. The fourth-order valence-electron chi connectivity index (χ4n) is 1.59. The third kappa shape index (κ3) is 2.80. The van der Waals surface area contributed by atoms with Gasteiger partial charge in [-0.25, -0.2) is 0 Å². The molecule has 0 aliphatic rings. The summed E-state index contributed by atoms with van der Waals surface area (Å²) >= 11 is 0. The van der Waals surface area contributed by atoms with Crippen LogP contribution < -0.4 is 5.73 Å². The Morgan fingerprint density at radius 3 is 2.33 bits per heavy atom. The first kappa shape index (κ1) is 11.7. The Bertz CT molecular complexity index is 345. The maximum absolute atomic E-state index is 10.7. The van der Waals surface area contributed by atoms with E-state index < -0.39 is 11.5 Å². The van der Waals surface area contributed by atoms with E-state index in [1.54, 1.807) is 0 Å². The summed E-state index contributed by atoms with van der Waals surface area (Å²) in [5.74, 6) is -0.861. The standard InChI is InChI=1S/C12H17NO2/c1-3-12(13,8-11(14)15)10-6-4-9(2)5-7-10/h4-7H,3,8,13H2,1-2H3,(H,14,15). The average Bonchev–Trinajstić information content (AvgIpc) is 2.17. The molecule has 0 aliphatic carbocycles. The molecule has 0 radical (unpaired) electrons. The predicted octanol–water partition coefficient (Wildman–Crippen LogP) is 2.03. The average molecular weight is 207 g/mol. The van der Waals surface area contributed by atoms with Gasteiger partial charge in [0.1, 0.15) is 0 Å². The largest absolute Gasteiger partial charge is 0.481 e. The highest BCUT2D eigenvalue weighted by atomic mass is 16.4. The van der Waals surface area contributed by atoms with Crippen molar-refractivity contribution in [3.05, 3.63) is 35.4 Å². The molecule has 0 amide bonds. The lowest BCUT2D eigenvalue weighted by atomic mass is 9.85. The molecule has 0 fully saturated rings. The number of carboxylic acid groups (broad SMARTS) is 1. The van der Waals surface area contributed by atoms with E-state index in [2.05, 4.69) is 0 Å². The van der Waals surface area contributed by atoms with Gasteiger partial charge in [0, 0.05) is 0 Å². The van der Waals surface area contributed by atoms with E-state index in [1.807, 2.05) is 38.1 Å². The van der Waals surface area contributed by atoms with Crippen molar-refractivity contribution in [1.29, 1.82) is 0 Å². The third-order valence-electron chi connectivity index (χ3n) is 2.72. The molecule has 1 aromatic carbocycles. The van der Waals surface area contributed by atoms with Crippen molar-refractivity contribution in [2.24, 2.45) is 5.73 Å². The van der Waals surface area contributed by atoms with Gasteiger partial charge in [0.25, 0.3) is 0 Å². The fourth-order valence-corrected chi connectivity index (χ4v) is 1.59. The van der Waals surface area contributed by atoms with Crippen molar-refractivity contribution in [1.82, 2.24) is 0 Å². The first-order valence-electron chi connectivity index (χ1n) is 5.06. The van der Waals surface area contributed by atoms with E-state index in [1.165, 1.54) is 0 Å². The molecule has 3 nitrogen and oxygen atoms in total. The van der Waals surface area contributed by atoms with E-state index >= 15 is 0 Å². The molecular weight excluding hydrogens is 190 g/mol. The van der Waals surface area contributed by atoms with Gasteiger partial charge >= 0.3 is 5.97 Å². The van der Waals surface area contributed by atoms with E-state index in [0.717, 1.165) is 11.1 Å². The summed E-state index contributed by atoms with van der Waals surface area (Å²) in [4.78, 5) is 10.7. The van der Waals surface area contributed by atoms with Crippen LogP contribution in [0.25, 0.3) is 0 Å². The SMILES string of the molecule is CCC(N)(CC(=O)O)c1ccc(C)cc1. The van der Waals surface area contributed by atoms with Crippen molar-refractivity contribution in [2.75, 3.05) is 0 Å². The predicted molar refractivity (Wildman–Crippen MR) is 59.6 cm³/mol. The Balaban J connectivity index is 3.00. The molecule has 0 bridgehead atoms. The van der Waals surface area contributed by atoms with Crippen LogP contribution in [0, 0.1) is 6.92 Å². The smallest absolute Gasteiger partial charge is 0.305 e. The van der Waals surface area contributed by atoms with E-state index in [0.29, 0.717) is 6.42 Å². The molecule has 0 saturated heterocycles. The van der Waals surface area contributed by atoms with Crippen LogP contribution in [-0.4, -0.2) is 11.1 Å². The first-order valence-corrected chi connectivity index (χ1v) is 5.06. The van der Waals surface area contributed by atoms with Crippen molar-refractivity contribution < 1.29 is 9.90 Å². The molecule has 1 rings (SSSR count). The van der Waals surface area contributed by atoms with Crippen molar-refractivity contribution in [2.45, 2.75) is 32.2 Å². The molecule has 3 N–H and O–H groups in total. The van der Waals surface area contributed by atoms with Gasteiger partial charge < -0.3 is 10.8 Å². The second-order valence-corrected chi connectivity index (χ2v) is 3.95. The van der Waals surface area contributed by atoms with E-state index in [9.17, 15) is 4.79 Å². The van der Waals surface area contributed by atoms with Gasteiger partial charge in [-0.2, -0.15) is 0 Å². The molecule has 3 heteroatoms. The summed E-state index contributed by atoms with van der Waals surface area (Å²) in [6.07, 6.45) is 0.578. The zero-order valence-electron chi connectivity index (χ0n) is 9.16. The molecule has 0 spiro atoms. The number of benzene rings is 1. The zero-order valence-corrected chi connectivity index (χ0v) is 9.16. The Morgan fingerprint density at radius 2 is 1.93 bits per heavy atom. The molecule has 1 atom stereocenters. The molecule has 0 heterocycles. The highest BCUT2D eigenvalue weighted by molar-refractivity contribution is 5.68. The van der Waals surface area contributed by atoms with Gasteiger partial charge in [-0.3, -0.25) is 4.79 Å². The number of hydrogen-bond acceptors (Lipinski definition) is 2. The topological polar surface area (TPSA) is 63.3 Å². The van der Waals surface area contributed by atoms with Crippen LogP contribution in [0.5, 0.6) is 0 Å².